The van der Waals surface area contributed by atoms with Crippen LogP contribution in [0.25, 0.3) is 0 Å². The van der Waals surface area contributed by atoms with Crippen molar-refractivity contribution in [1.29, 1.82) is 0 Å². The molecular weight excluding hydrogens is 250 g/mol. The Balaban J connectivity index is 2.79. The maximum Gasteiger partial charge on any atom is 0.232 e. The third-order valence-electron chi connectivity index (χ3n) is 2.18. The molecule has 88 valence electrons. The predicted octanol–water partition coefficient (Wildman–Crippen LogP) is 1.67. The molecule has 0 aliphatic rings. The van der Waals surface area contributed by atoms with Gasteiger partial charge in [0.15, 0.2) is 0 Å². The van der Waals surface area contributed by atoms with E-state index in [0.29, 0.717) is 18.5 Å². The third-order valence-corrected chi connectivity index (χ3v) is 3.34. The van der Waals surface area contributed by atoms with Gasteiger partial charge in [-0.15, -0.1) is 0 Å². The number of rotatable bonds is 5. The highest BCUT2D eigenvalue weighted by molar-refractivity contribution is 8.13. The lowest BCUT2D eigenvalue weighted by Gasteiger charge is -2.06. The summed E-state index contributed by atoms with van der Waals surface area (Å²) < 4.78 is 21.6. The Kier molecular flexibility index (Phi) is 4.32. The first-order chi connectivity index (χ1) is 7.42. The van der Waals surface area contributed by atoms with Crippen LogP contribution in [0.1, 0.15) is 11.1 Å². The van der Waals surface area contributed by atoms with Crippen LogP contribution in [0.15, 0.2) is 18.2 Å². The average Bonchev–Trinajstić information content (AvgIpc) is 2.15. The van der Waals surface area contributed by atoms with Crippen molar-refractivity contribution in [2.45, 2.75) is 13.3 Å². The zero-order chi connectivity index (χ0) is 12.2. The number of benzene rings is 1. The largest absolute Gasteiger partial charge is 0.329 e. The number of hydrogen-bond acceptors (Lipinski definition) is 3. The summed E-state index contributed by atoms with van der Waals surface area (Å²) in [7, 11) is 1.67. The van der Waals surface area contributed by atoms with Crippen LogP contribution in [0.2, 0.25) is 0 Å². The van der Waals surface area contributed by atoms with Gasteiger partial charge < -0.3 is 5.32 Å². The molecule has 0 unspecified atom stereocenters. The van der Waals surface area contributed by atoms with Gasteiger partial charge >= 0.3 is 0 Å². The van der Waals surface area contributed by atoms with Crippen LogP contribution >= 0.6 is 10.7 Å². The molecule has 1 aromatic carbocycles. The molecule has 4 nitrogen and oxygen atoms in total. The van der Waals surface area contributed by atoms with Gasteiger partial charge in [0.2, 0.25) is 15.5 Å². The van der Waals surface area contributed by atoms with E-state index in [1.54, 1.807) is 18.2 Å². The Bertz CT molecular complexity index is 485. The van der Waals surface area contributed by atoms with Gasteiger partial charge in [0.1, 0.15) is 0 Å². The lowest BCUT2D eigenvalue weighted by Crippen LogP contribution is -2.03. The maximum absolute atomic E-state index is 10.8. The number of hydrogen-bond donors (Lipinski definition) is 1. The number of amides is 1. The van der Waals surface area contributed by atoms with Gasteiger partial charge in [0, 0.05) is 16.4 Å². The van der Waals surface area contributed by atoms with Crippen LogP contribution in [-0.2, 0) is 20.3 Å². The average molecular weight is 262 g/mol. The summed E-state index contributed by atoms with van der Waals surface area (Å²) in [5, 5.41) is 2.52. The second-order valence-corrected chi connectivity index (χ2v) is 6.29. The van der Waals surface area contributed by atoms with E-state index in [2.05, 4.69) is 5.32 Å². The summed E-state index contributed by atoms with van der Waals surface area (Å²) in [5.41, 5.74) is 2.51. The van der Waals surface area contributed by atoms with E-state index in [4.69, 9.17) is 10.7 Å². The molecule has 1 aromatic rings. The molecule has 0 aliphatic carbocycles. The normalized spacial score (nSPS) is 11.1. The van der Waals surface area contributed by atoms with Gasteiger partial charge in [-0.2, -0.15) is 0 Å². The Labute approximate surface area is 99.0 Å². The highest BCUT2D eigenvalue weighted by atomic mass is 35.7. The maximum atomic E-state index is 10.8. The predicted molar refractivity (Wildman–Crippen MR) is 64.2 cm³/mol. The molecule has 0 aliphatic heterocycles. The smallest absolute Gasteiger partial charge is 0.232 e. The second-order valence-electron chi connectivity index (χ2n) is 3.40. The van der Waals surface area contributed by atoms with Crippen molar-refractivity contribution in [2.75, 3.05) is 11.1 Å². The lowest BCUT2D eigenvalue weighted by atomic mass is 10.1. The topological polar surface area (TPSA) is 63.2 Å². The fourth-order valence-electron chi connectivity index (χ4n) is 1.37. The highest BCUT2D eigenvalue weighted by Crippen LogP contribution is 2.16. The molecule has 1 amide bonds. The lowest BCUT2D eigenvalue weighted by molar-refractivity contribution is -0.105. The number of anilines is 1. The molecule has 0 saturated carbocycles. The van der Waals surface area contributed by atoms with Gasteiger partial charge in [0.25, 0.3) is 0 Å². The fourth-order valence-corrected chi connectivity index (χ4v) is 2.06. The van der Waals surface area contributed by atoms with Crippen LogP contribution in [0, 0.1) is 6.92 Å². The van der Waals surface area contributed by atoms with E-state index in [-0.39, 0.29) is 5.75 Å². The third kappa shape index (κ3) is 4.20. The first kappa shape index (κ1) is 13.0. The number of carbonyl (C=O) groups excluding carboxylic acids is 1. The van der Waals surface area contributed by atoms with E-state index in [1.165, 1.54) is 0 Å². The van der Waals surface area contributed by atoms with Crippen LogP contribution in [0.3, 0.4) is 0 Å². The minimum absolute atomic E-state index is 0.0874. The molecule has 0 saturated heterocycles. The Morgan fingerprint density at radius 3 is 2.62 bits per heavy atom. The molecule has 0 bridgehead atoms. The minimum Gasteiger partial charge on any atom is -0.329 e. The summed E-state index contributed by atoms with van der Waals surface area (Å²) in [6.07, 6.45) is 0.969. The van der Waals surface area contributed by atoms with Gasteiger partial charge in [-0.3, -0.25) is 4.79 Å². The van der Waals surface area contributed by atoms with E-state index >= 15 is 0 Å². The Hall–Kier alpha value is -1.07. The molecule has 0 atom stereocenters. The number of aryl methyl sites for hydroxylation is 2. The van der Waals surface area contributed by atoms with Gasteiger partial charge in [0.05, 0.1) is 5.75 Å². The number of halogens is 1. The van der Waals surface area contributed by atoms with E-state index in [9.17, 15) is 13.2 Å². The zero-order valence-electron chi connectivity index (χ0n) is 8.73. The summed E-state index contributed by atoms with van der Waals surface area (Å²) in [5.74, 6) is -0.0874. The highest BCUT2D eigenvalue weighted by Gasteiger charge is 2.07. The van der Waals surface area contributed by atoms with Gasteiger partial charge in [-0.1, -0.05) is 6.07 Å². The Morgan fingerprint density at radius 1 is 1.44 bits per heavy atom. The molecule has 6 heteroatoms. The van der Waals surface area contributed by atoms with Crippen LogP contribution in [0.5, 0.6) is 0 Å². The summed E-state index contributed by atoms with van der Waals surface area (Å²) in [6, 6.07) is 5.28. The van der Waals surface area contributed by atoms with Crippen LogP contribution < -0.4 is 5.32 Å². The SMILES string of the molecule is Cc1cc(NC=O)ccc1CCS(=O)(=O)Cl. The van der Waals surface area contributed by atoms with Crippen molar-refractivity contribution in [1.82, 2.24) is 0 Å². The number of carbonyl (C=O) groups is 1. The van der Waals surface area contributed by atoms with E-state index in [1.807, 2.05) is 6.92 Å². The molecule has 0 radical (unpaired) electrons. The van der Waals surface area contributed by atoms with Crippen molar-refractivity contribution in [3.63, 3.8) is 0 Å². The molecule has 1 N–H and O–H groups in total. The second kappa shape index (κ2) is 5.32. The molecule has 0 aromatic heterocycles. The van der Waals surface area contributed by atoms with Crippen molar-refractivity contribution in [2.24, 2.45) is 0 Å². The van der Waals surface area contributed by atoms with Crippen molar-refractivity contribution in [3.05, 3.63) is 29.3 Å². The van der Waals surface area contributed by atoms with Gasteiger partial charge in [-0.05, 0) is 36.6 Å². The summed E-state index contributed by atoms with van der Waals surface area (Å²) >= 11 is 0. The van der Waals surface area contributed by atoms with Crippen molar-refractivity contribution in [3.8, 4) is 0 Å². The molecular formula is C10H12ClNO3S. The van der Waals surface area contributed by atoms with Gasteiger partial charge in [-0.25, -0.2) is 8.42 Å². The Morgan fingerprint density at radius 2 is 2.12 bits per heavy atom. The van der Waals surface area contributed by atoms with E-state index < -0.39 is 9.05 Å². The summed E-state index contributed by atoms with van der Waals surface area (Å²) in [4.78, 5) is 10.2. The molecule has 0 spiro atoms. The molecule has 0 heterocycles. The van der Waals surface area contributed by atoms with Crippen molar-refractivity contribution < 1.29 is 13.2 Å². The van der Waals surface area contributed by atoms with Crippen molar-refractivity contribution >= 4 is 31.8 Å². The van der Waals surface area contributed by atoms with Crippen LogP contribution in [0.4, 0.5) is 5.69 Å². The standard InChI is InChI=1S/C10H12ClNO3S/c1-8-6-10(12-7-13)3-2-9(8)4-5-16(11,14)15/h2-3,6-7H,4-5H2,1H3,(H,12,13). The fraction of sp³-hybridized carbons (Fsp3) is 0.300. The minimum atomic E-state index is -3.46. The zero-order valence-corrected chi connectivity index (χ0v) is 10.3. The quantitative estimate of drug-likeness (QED) is 0.648. The number of nitrogens with one attached hydrogen (secondary N) is 1. The molecule has 16 heavy (non-hydrogen) atoms. The van der Waals surface area contributed by atoms with Crippen LogP contribution in [-0.4, -0.2) is 20.6 Å². The molecule has 0 fully saturated rings. The molecule has 1 rings (SSSR count). The summed E-state index contributed by atoms with van der Waals surface area (Å²) in [6.45, 7) is 1.85. The monoisotopic (exact) mass is 261 g/mol. The van der Waals surface area contributed by atoms with E-state index in [0.717, 1.165) is 11.1 Å². The first-order valence-corrected chi connectivity index (χ1v) is 7.12. The first-order valence-electron chi connectivity index (χ1n) is 4.64.